The van der Waals surface area contributed by atoms with Crippen molar-refractivity contribution in [2.24, 2.45) is 0 Å². The second kappa shape index (κ2) is 8.61. The van der Waals surface area contributed by atoms with E-state index in [1.54, 1.807) is 0 Å². The van der Waals surface area contributed by atoms with Gasteiger partial charge in [-0.15, -0.1) is 0 Å². The van der Waals surface area contributed by atoms with Crippen molar-refractivity contribution in [3.05, 3.63) is 0 Å². The summed E-state index contributed by atoms with van der Waals surface area (Å²) < 4.78 is 27.5. The fourth-order valence-corrected chi connectivity index (χ4v) is 129. The predicted molar refractivity (Wildman–Crippen MR) is 126 cm³/mol. The van der Waals surface area contributed by atoms with Gasteiger partial charge < -0.3 is 0 Å². The molecule has 0 saturated carbocycles. The van der Waals surface area contributed by atoms with Crippen LogP contribution in [-0.4, -0.2) is 38.7 Å². The summed E-state index contributed by atoms with van der Waals surface area (Å²) in [7, 11) is -4.70. The van der Waals surface area contributed by atoms with Gasteiger partial charge in [0.2, 0.25) is 0 Å². The normalized spacial score (nSPS) is 16.0. The molecular weight excluding hydrogens is 484 g/mol. The van der Waals surface area contributed by atoms with Crippen LogP contribution in [0.2, 0.25) is 65.5 Å². The Kier molecular flexibility index (Phi) is 9.12. The predicted octanol–water partition coefficient (Wildman–Crippen LogP) is 6.71. The maximum absolute atomic E-state index is 7.26. The Morgan fingerprint density at radius 3 is 0.852 bits per heavy atom. The molecule has 0 aromatic rings. The van der Waals surface area contributed by atoms with E-state index in [1.807, 2.05) is 0 Å². The van der Waals surface area contributed by atoms with Crippen LogP contribution >= 0.6 is 0 Å². The molecule has 0 aliphatic carbocycles. The van der Waals surface area contributed by atoms with Gasteiger partial charge in [-0.25, -0.2) is 0 Å². The summed E-state index contributed by atoms with van der Waals surface area (Å²) in [4.78, 5) is 0. The van der Waals surface area contributed by atoms with Gasteiger partial charge in [0.05, 0.1) is 0 Å². The number of hydrogen-bond donors (Lipinski definition) is 0. The van der Waals surface area contributed by atoms with Gasteiger partial charge >= 0.3 is 179 Å². The van der Waals surface area contributed by atoms with E-state index in [1.165, 1.54) is 0 Å². The van der Waals surface area contributed by atoms with Crippen molar-refractivity contribution in [2.45, 2.75) is 118 Å². The SMILES string of the molecule is CC(C)(C)O[Si](C)(C)[O][Zr]([O][Si](C)(C)OC(C)(C)C)([Si](C)(C)C)[Si](C)(C)C. The van der Waals surface area contributed by atoms with E-state index in [9.17, 15) is 0 Å². The summed E-state index contributed by atoms with van der Waals surface area (Å²) in [6.07, 6.45) is 0. The average molecular weight is 532 g/mol. The summed E-state index contributed by atoms with van der Waals surface area (Å²) in [5, 5.41) is -3.41. The van der Waals surface area contributed by atoms with Crippen molar-refractivity contribution in [2.75, 3.05) is 0 Å². The van der Waals surface area contributed by atoms with Gasteiger partial charge in [-0.05, 0) is 0 Å². The molecule has 4 nitrogen and oxygen atoms in total. The molecule has 0 aliphatic rings. The second-order valence-corrected chi connectivity index (χ2v) is 66.9. The molecule has 0 aliphatic heterocycles. The molecule has 0 aromatic heterocycles. The first-order valence-electron chi connectivity index (χ1n) is 10.1. The summed E-state index contributed by atoms with van der Waals surface area (Å²) in [5.41, 5.74) is -0.415. The van der Waals surface area contributed by atoms with Gasteiger partial charge in [0, 0.05) is 0 Å². The van der Waals surface area contributed by atoms with Gasteiger partial charge in [-0.2, -0.15) is 0 Å². The molecule has 0 rings (SSSR count). The minimum atomic E-state index is -3.52. The standard InChI is InChI=1S/2C6H15O2Si.2C3H9Si.Zr/c2*1-6(2,3)8-9(4,5)7;2*1-4(2)3;/h2*1-5H3;2*1-3H3;/q2*-1;;;+2. The van der Waals surface area contributed by atoms with Gasteiger partial charge in [0.25, 0.3) is 0 Å². The molecule has 0 aromatic carbocycles. The molecule has 0 fully saturated rings. The van der Waals surface area contributed by atoms with Crippen molar-refractivity contribution in [3.63, 3.8) is 0 Å². The molecule has 0 amide bonds. The van der Waals surface area contributed by atoms with Crippen LogP contribution in [0.15, 0.2) is 0 Å². The monoisotopic (exact) mass is 530 g/mol. The topological polar surface area (TPSA) is 36.9 Å². The zero-order valence-electron chi connectivity index (χ0n) is 21.1. The van der Waals surface area contributed by atoms with E-state index < -0.39 is 47.0 Å². The number of rotatable bonds is 8. The Hall–Kier alpha value is 1.59. The molecule has 9 heteroatoms. The minimum absolute atomic E-state index is 0.207. The van der Waals surface area contributed by atoms with Crippen molar-refractivity contribution in [1.29, 1.82) is 0 Å². The molecular formula is C18H48O4Si4Zr. The van der Waals surface area contributed by atoms with Gasteiger partial charge in [-0.3, -0.25) is 0 Å². The molecule has 0 unspecified atom stereocenters. The third-order valence-electron chi connectivity index (χ3n) is 3.86. The van der Waals surface area contributed by atoms with E-state index in [4.69, 9.17) is 13.9 Å². The first-order valence-corrected chi connectivity index (χ1v) is 32.1. The fourth-order valence-electron chi connectivity index (χ4n) is 3.97. The quantitative estimate of drug-likeness (QED) is 0.326. The van der Waals surface area contributed by atoms with Crippen molar-refractivity contribution in [1.82, 2.24) is 0 Å². The van der Waals surface area contributed by atoms with E-state index >= 15 is 0 Å². The summed E-state index contributed by atoms with van der Waals surface area (Å²) in [6, 6.07) is 0. The Morgan fingerprint density at radius 2 is 0.704 bits per heavy atom. The summed E-state index contributed by atoms with van der Waals surface area (Å²) in [5.74, 6) is 0. The fraction of sp³-hybridized carbons (Fsp3) is 1.00. The van der Waals surface area contributed by atoms with E-state index in [-0.39, 0.29) is 11.2 Å². The van der Waals surface area contributed by atoms with Crippen LogP contribution < -0.4 is 0 Å². The molecule has 0 saturated heterocycles. The maximum atomic E-state index is 7.26. The first kappa shape index (κ1) is 28.6. The van der Waals surface area contributed by atoms with Gasteiger partial charge in [0.15, 0.2) is 0 Å². The van der Waals surface area contributed by atoms with Gasteiger partial charge in [-0.1, -0.05) is 0 Å². The molecule has 27 heavy (non-hydrogen) atoms. The Morgan fingerprint density at radius 1 is 0.481 bits per heavy atom. The van der Waals surface area contributed by atoms with E-state index in [0.29, 0.717) is 0 Å². The zero-order valence-corrected chi connectivity index (χ0v) is 27.6. The van der Waals surface area contributed by atoms with E-state index in [2.05, 4.69) is 107 Å². The zero-order chi connectivity index (χ0) is 22.3. The molecule has 0 bridgehead atoms. The van der Waals surface area contributed by atoms with Crippen molar-refractivity contribution in [3.8, 4) is 0 Å². The van der Waals surface area contributed by atoms with E-state index in [0.717, 1.165) is 0 Å². The molecule has 164 valence electrons. The van der Waals surface area contributed by atoms with Crippen LogP contribution in [0.1, 0.15) is 41.5 Å². The van der Waals surface area contributed by atoms with Crippen LogP contribution in [0.25, 0.3) is 0 Å². The summed E-state index contributed by atoms with van der Waals surface area (Å²) in [6.45, 7) is 36.2. The van der Waals surface area contributed by atoms with Crippen molar-refractivity contribution < 1.29 is 33.3 Å². The summed E-state index contributed by atoms with van der Waals surface area (Å²) >= 11 is -3.52. The molecule has 0 atom stereocenters. The first-order chi connectivity index (χ1) is 11.3. The number of hydrogen-bond acceptors (Lipinski definition) is 4. The third-order valence-corrected chi connectivity index (χ3v) is 86.1. The Bertz CT molecular complexity index is 451. The Labute approximate surface area is 178 Å². The molecule has 0 N–H and O–H groups in total. The molecule has 0 heterocycles. The third kappa shape index (κ3) is 9.51. The van der Waals surface area contributed by atoms with Crippen LogP contribution in [0.3, 0.4) is 0 Å². The van der Waals surface area contributed by atoms with Gasteiger partial charge in [0.1, 0.15) is 0 Å². The van der Waals surface area contributed by atoms with Crippen LogP contribution in [0.4, 0.5) is 0 Å². The molecule has 0 radical (unpaired) electrons. The van der Waals surface area contributed by atoms with Crippen molar-refractivity contribution >= 4 is 27.5 Å². The average Bonchev–Trinajstić information content (AvgIpc) is 2.15. The second-order valence-electron chi connectivity index (χ2n) is 12.5. The molecule has 0 spiro atoms. The van der Waals surface area contributed by atoms with Crippen LogP contribution in [0.5, 0.6) is 0 Å². The van der Waals surface area contributed by atoms with Crippen LogP contribution in [0, 0.1) is 0 Å². The Balaban J connectivity index is 6.27. The van der Waals surface area contributed by atoms with Crippen LogP contribution in [-0.2, 0) is 33.3 Å².